The van der Waals surface area contributed by atoms with E-state index in [1.54, 1.807) is 6.07 Å². The van der Waals surface area contributed by atoms with Crippen molar-refractivity contribution >= 4 is 21.9 Å². The van der Waals surface area contributed by atoms with E-state index in [1.165, 1.54) is 6.07 Å². The Morgan fingerprint density at radius 1 is 1.60 bits per heavy atom. The van der Waals surface area contributed by atoms with Crippen molar-refractivity contribution < 1.29 is 14.3 Å². The van der Waals surface area contributed by atoms with E-state index in [0.29, 0.717) is 36.0 Å². The van der Waals surface area contributed by atoms with Crippen LogP contribution in [0.4, 0.5) is 4.39 Å². The topological polar surface area (TPSA) is 40.5 Å². The summed E-state index contributed by atoms with van der Waals surface area (Å²) >= 11 is 3.25. The Kier molecular flexibility index (Phi) is 4.49. The second kappa shape index (κ2) is 5.82. The van der Waals surface area contributed by atoms with Crippen molar-refractivity contribution in [1.82, 2.24) is 4.90 Å². The fourth-order valence-electron chi connectivity index (χ4n) is 2.89. The van der Waals surface area contributed by atoms with Gasteiger partial charge in [-0.15, -0.1) is 0 Å². The second-order valence-corrected chi connectivity index (χ2v) is 6.42. The summed E-state index contributed by atoms with van der Waals surface area (Å²) < 4.78 is 14.7. The molecule has 2 unspecified atom stereocenters. The van der Waals surface area contributed by atoms with Crippen LogP contribution >= 0.6 is 15.9 Å². The van der Waals surface area contributed by atoms with Crippen LogP contribution in [0.3, 0.4) is 0 Å². The minimum atomic E-state index is -0.744. The number of rotatable bonds is 4. The summed E-state index contributed by atoms with van der Waals surface area (Å²) in [6.45, 7) is 5.01. The lowest BCUT2D eigenvalue weighted by atomic mass is 9.84. The molecule has 2 atom stereocenters. The Balaban J connectivity index is 2.19. The summed E-state index contributed by atoms with van der Waals surface area (Å²) in [6.07, 6.45) is 1.23. The highest BCUT2D eigenvalue weighted by atomic mass is 79.9. The molecule has 0 amide bonds. The highest BCUT2D eigenvalue weighted by Crippen LogP contribution is 2.38. The lowest BCUT2D eigenvalue weighted by Crippen LogP contribution is -2.35. The van der Waals surface area contributed by atoms with Gasteiger partial charge in [-0.05, 0) is 38.4 Å². The maximum Gasteiger partial charge on any atom is 0.310 e. The van der Waals surface area contributed by atoms with E-state index in [1.807, 2.05) is 19.9 Å². The molecule has 1 N–H and O–H groups in total. The van der Waals surface area contributed by atoms with Crippen molar-refractivity contribution in [3.8, 4) is 0 Å². The predicted octanol–water partition coefficient (Wildman–Crippen LogP) is 3.84. The zero-order valence-electron chi connectivity index (χ0n) is 11.7. The molecule has 1 heterocycles. The first-order valence-electron chi connectivity index (χ1n) is 6.82. The maximum atomic E-state index is 14.0. The number of carboxylic acid groups (broad SMARTS) is 1. The largest absolute Gasteiger partial charge is 0.481 e. The summed E-state index contributed by atoms with van der Waals surface area (Å²) in [6, 6.07) is 4.91. The van der Waals surface area contributed by atoms with Crippen molar-refractivity contribution in [2.45, 2.75) is 32.7 Å². The van der Waals surface area contributed by atoms with Crippen molar-refractivity contribution in [2.24, 2.45) is 5.41 Å². The van der Waals surface area contributed by atoms with Gasteiger partial charge in [-0.25, -0.2) is 4.39 Å². The predicted molar refractivity (Wildman–Crippen MR) is 79.1 cm³/mol. The first kappa shape index (κ1) is 15.4. The van der Waals surface area contributed by atoms with Crippen LogP contribution in [0.25, 0.3) is 0 Å². The molecule has 1 aliphatic heterocycles. The molecule has 1 aliphatic rings. The molecule has 1 aromatic rings. The first-order valence-corrected chi connectivity index (χ1v) is 7.61. The van der Waals surface area contributed by atoms with Gasteiger partial charge in [0.1, 0.15) is 5.82 Å². The highest BCUT2D eigenvalue weighted by molar-refractivity contribution is 9.10. The third-order valence-electron chi connectivity index (χ3n) is 4.47. The van der Waals surface area contributed by atoms with E-state index in [-0.39, 0.29) is 11.9 Å². The van der Waals surface area contributed by atoms with Crippen molar-refractivity contribution in [1.29, 1.82) is 0 Å². The number of hydrogen-bond donors (Lipinski definition) is 1. The minimum Gasteiger partial charge on any atom is -0.481 e. The lowest BCUT2D eigenvalue weighted by molar-refractivity contribution is -0.148. The van der Waals surface area contributed by atoms with Crippen molar-refractivity contribution in [2.75, 3.05) is 13.1 Å². The monoisotopic (exact) mass is 343 g/mol. The molecule has 0 saturated carbocycles. The summed E-state index contributed by atoms with van der Waals surface area (Å²) in [7, 11) is 0. The number of likely N-dealkylation sites (tertiary alicyclic amines) is 1. The molecule has 1 fully saturated rings. The number of carboxylic acids is 1. The number of hydrogen-bond acceptors (Lipinski definition) is 2. The molecule has 20 heavy (non-hydrogen) atoms. The molecule has 3 nitrogen and oxygen atoms in total. The highest BCUT2D eigenvalue weighted by Gasteiger charge is 2.44. The molecule has 5 heteroatoms. The van der Waals surface area contributed by atoms with Gasteiger partial charge in [0.05, 0.1) is 5.41 Å². The molecular weight excluding hydrogens is 325 g/mol. The molecule has 1 saturated heterocycles. The molecule has 0 bridgehead atoms. The fraction of sp³-hybridized carbons (Fsp3) is 0.533. The smallest absolute Gasteiger partial charge is 0.310 e. The van der Waals surface area contributed by atoms with E-state index >= 15 is 0 Å². The summed E-state index contributed by atoms with van der Waals surface area (Å²) in [5.74, 6) is -0.998. The van der Waals surface area contributed by atoms with Crippen LogP contribution in [0, 0.1) is 11.2 Å². The summed E-state index contributed by atoms with van der Waals surface area (Å²) in [5.41, 5.74) is -0.0643. The zero-order valence-corrected chi connectivity index (χ0v) is 13.3. The van der Waals surface area contributed by atoms with Crippen LogP contribution in [0.2, 0.25) is 0 Å². The van der Waals surface area contributed by atoms with Crippen LogP contribution in [0.15, 0.2) is 22.7 Å². The molecule has 1 aromatic carbocycles. The molecule has 110 valence electrons. The summed E-state index contributed by atoms with van der Waals surface area (Å²) in [5, 5.41) is 9.42. The Morgan fingerprint density at radius 3 is 2.80 bits per heavy atom. The van der Waals surface area contributed by atoms with Gasteiger partial charge in [0.25, 0.3) is 0 Å². The molecular formula is C15H19BrFNO2. The van der Waals surface area contributed by atoms with E-state index in [0.717, 1.165) is 0 Å². The SMILES string of the molecule is CCC1(C(=O)O)CCN(C(C)c2ccc(Br)cc2F)C1. The second-order valence-electron chi connectivity index (χ2n) is 5.50. The van der Waals surface area contributed by atoms with Crippen LogP contribution in [-0.4, -0.2) is 29.1 Å². The lowest BCUT2D eigenvalue weighted by Gasteiger charge is -2.28. The van der Waals surface area contributed by atoms with Gasteiger partial charge >= 0.3 is 5.97 Å². The minimum absolute atomic E-state index is 0.115. The Morgan fingerprint density at radius 2 is 2.30 bits per heavy atom. The Hall–Kier alpha value is -0.940. The standard InChI is InChI=1S/C15H19BrFNO2/c1-3-15(14(19)20)6-7-18(9-15)10(2)12-5-4-11(16)8-13(12)17/h4-5,8,10H,3,6-7,9H2,1-2H3,(H,19,20). The first-order chi connectivity index (χ1) is 9.39. The van der Waals surface area contributed by atoms with Crippen LogP contribution in [-0.2, 0) is 4.79 Å². The molecule has 0 radical (unpaired) electrons. The van der Waals surface area contributed by atoms with Gasteiger partial charge in [0.15, 0.2) is 0 Å². The van der Waals surface area contributed by atoms with Gasteiger partial charge in [0.2, 0.25) is 0 Å². The number of benzene rings is 1. The van der Waals surface area contributed by atoms with Crippen LogP contribution in [0.5, 0.6) is 0 Å². The summed E-state index contributed by atoms with van der Waals surface area (Å²) in [4.78, 5) is 13.5. The van der Waals surface area contributed by atoms with E-state index in [9.17, 15) is 14.3 Å². The normalized spacial score (nSPS) is 24.8. The third kappa shape index (κ3) is 2.74. The average Bonchev–Trinajstić information content (AvgIpc) is 2.83. The van der Waals surface area contributed by atoms with Crippen LogP contribution < -0.4 is 0 Å². The van der Waals surface area contributed by atoms with Gasteiger partial charge < -0.3 is 5.11 Å². The van der Waals surface area contributed by atoms with Gasteiger partial charge in [-0.3, -0.25) is 9.69 Å². The van der Waals surface area contributed by atoms with Crippen molar-refractivity contribution in [3.05, 3.63) is 34.1 Å². The Labute approximate surface area is 126 Å². The number of nitrogens with zero attached hydrogens (tertiary/aromatic N) is 1. The van der Waals surface area contributed by atoms with Gasteiger partial charge in [-0.1, -0.05) is 28.9 Å². The average molecular weight is 344 g/mol. The van der Waals surface area contributed by atoms with Gasteiger partial charge in [0, 0.05) is 22.6 Å². The van der Waals surface area contributed by atoms with Gasteiger partial charge in [-0.2, -0.15) is 0 Å². The fourth-order valence-corrected chi connectivity index (χ4v) is 3.22. The van der Waals surface area contributed by atoms with E-state index in [2.05, 4.69) is 20.8 Å². The van der Waals surface area contributed by atoms with Crippen LogP contribution in [0.1, 0.15) is 38.3 Å². The molecule has 0 aliphatic carbocycles. The van der Waals surface area contributed by atoms with E-state index < -0.39 is 11.4 Å². The maximum absolute atomic E-state index is 14.0. The number of carbonyl (C=O) groups is 1. The molecule has 0 aromatic heterocycles. The molecule has 0 spiro atoms. The zero-order chi connectivity index (χ0) is 14.9. The molecule has 2 rings (SSSR count). The third-order valence-corrected chi connectivity index (χ3v) is 4.97. The Bertz CT molecular complexity index is 523. The van der Waals surface area contributed by atoms with E-state index in [4.69, 9.17) is 0 Å². The number of halogens is 2. The van der Waals surface area contributed by atoms with Crippen molar-refractivity contribution in [3.63, 3.8) is 0 Å². The quantitative estimate of drug-likeness (QED) is 0.902. The number of aliphatic carboxylic acids is 1.